The molecule has 10 heteroatoms. The number of carbonyl (C=O) groups is 1. The van der Waals surface area contributed by atoms with Crippen LogP contribution in [0.15, 0.2) is 113 Å². The largest absolute Gasteiger partial charge is 0.497 e. The fraction of sp³-hybridized carbons (Fsp3) is 0.257. The number of aliphatic hydroxyl groups is 1. The third-order valence-electron chi connectivity index (χ3n) is 7.55. The SMILES string of the molecule is COc1cccc(CCNC(=O)[C@]2(Cc3ccccc3)N=C(c3ccc(OCCCO)cc3)O[C@@H]2c2ccccc2N=[N+]=[N-])c1. The summed E-state index contributed by atoms with van der Waals surface area (Å²) in [5.74, 6) is 1.37. The van der Waals surface area contributed by atoms with Crippen molar-refractivity contribution in [3.05, 3.63) is 136 Å². The minimum atomic E-state index is -1.43. The van der Waals surface area contributed by atoms with Crippen LogP contribution in [0.25, 0.3) is 10.4 Å². The lowest BCUT2D eigenvalue weighted by Gasteiger charge is -2.31. The number of aliphatic hydroxyl groups excluding tert-OH is 1. The van der Waals surface area contributed by atoms with Crippen LogP contribution in [0.2, 0.25) is 0 Å². The molecule has 230 valence electrons. The molecule has 0 aromatic heterocycles. The first-order valence-corrected chi connectivity index (χ1v) is 14.8. The molecule has 1 amide bonds. The zero-order chi connectivity index (χ0) is 31.5. The van der Waals surface area contributed by atoms with Gasteiger partial charge >= 0.3 is 0 Å². The molecule has 1 aliphatic rings. The van der Waals surface area contributed by atoms with E-state index in [1.54, 1.807) is 37.4 Å². The third-order valence-corrected chi connectivity index (χ3v) is 7.55. The van der Waals surface area contributed by atoms with Crippen LogP contribution >= 0.6 is 0 Å². The summed E-state index contributed by atoms with van der Waals surface area (Å²) in [6.07, 6.45) is 0.449. The van der Waals surface area contributed by atoms with Crippen molar-refractivity contribution >= 4 is 17.5 Å². The lowest BCUT2D eigenvalue weighted by Crippen LogP contribution is -2.50. The fourth-order valence-electron chi connectivity index (χ4n) is 5.32. The van der Waals surface area contributed by atoms with Crippen LogP contribution in [0.4, 0.5) is 5.69 Å². The number of nitrogens with zero attached hydrogens (tertiary/aromatic N) is 4. The van der Waals surface area contributed by atoms with E-state index in [1.807, 2.05) is 72.8 Å². The summed E-state index contributed by atoms with van der Waals surface area (Å²) in [4.78, 5) is 22.5. The van der Waals surface area contributed by atoms with Gasteiger partial charge in [-0.05, 0) is 59.5 Å². The van der Waals surface area contributed by atoms with E-state index in [9.17, 15) is 10.3 Å². The fourth-order valence-corrected chi connectivity index (χ4v) is 5.32. The van der Waals surface area contributed by atoms with Crippen molar-refractivity contribution in [2.45, 2.75) is 30.9 Å². The zero-order valence-corrected chi connectivity index (χ0v) is 25.0. The van der Waals surface area contributed by atoms with Crippen LogP contribution in [-0.4, -0.2) is 49.3 Å². The summed E-state index contributed by atoms with van der Waals surface area (Å²) in [7, 11) is 1.62. The standard InChI is InChI=1S/C35H35N5O5/c1-43-29-12-7-11-25(23-29)19-20-37-34(42)35(24-26-9-3-2-4-10-26)32(30-13-5-6-14-31(30)39-40-36)45-33(38-35)27-15-17-28(18-16-27)44-22-8-21-41/h2-7,9-18,23,32,41H,8,19-22,24H2,1H3,(H,37,42)/t32-,35-/m1/s1. The molecule has 0 saturated carbocycles. The maximum atomic E-state index is 14.4. The average Bonchev–Trinajstić information content (AvgIpc) is 3.46. The Hall–Kier alpha value is -5.31. The van der Waals surface area contributed by atoms with Crippen LogP contribution in [0.3, 0.4) is 0 Å². The Labute approximate surface area is 261 Å². The summed E-state index contributed by atoms with van der Waals surface area (Å²) in [5, 5.41) is 16.1. The summed E-state index contributed by atoms with van der Waals surface area (Å²) in [6, 6.07) is 31.7. The molecule has 2 N–H and O–H groups in total. The molecule has 4 aromatic carbocycles. The van der Waals surface area contributed by atoms with Gasteiger partial charge < -0.3 is 24.6 Å². The van der Waals surface area contributed by atoms with E-state index in [2.05, 4.69) is 15.3 Å². The number of aliphatic imine (C=N–C) groups is 1. The third kappa shape index (κ3) is 7.44. The molecular weight excluding hydrogens is 570 g/mol. The van der Waals surface area contributed by atoms with Crippen LogP contribution < -0.4 is 14.8 Å². The van der Waals surface area contributed by atoms with Crippen molar-refractivity contribution in [2.24, 2.45) is 10.1 Å². The van der Waals surface area contributed by atoms with E-state index in [0.29, 0.717) is 48.6 Å². The first-order chi connectivity index (χ1) is 22.1. The van der Waals surface area contributed by atoms with E-state index in [4.69, 9.17) is 24.3 Å². The summed E-state index contributed by atoms with van der Waals surface area (Å²) >= 11 is 0. The van der Waals surface area contributed by atoms with Crippen molar-refractivity contribution in [2.75, 3.05) is 26.9 Å². The maximum absolute atomic E-state index is 14.4. The number of azide groups is 1. The molecule has 0 fully saturated rings. The molecule has 10 nitrogen and oxygen atoms in total. The molecule has 0 saturated heterocycles. The predicted octanol–water partition coefficient (Wildman–Crippen LogP) is 6.26. The molecule has 5 rings (SSSR count). The molecule has 0 radical (unpaired) electrons. The Bertz CT molecular complexity index is 1670. The highest BCUT2D eigenvalue weighted by atomic mass is 16.5. The van der Waals surface area contributed by atoms with Crippen molar-refractivity contribution in [1.82, 2.24) is 5.32 Å². The lowest BCUT2D eigenvalue weighted by molar-refractivity contribution is -0.128. The number of carbonyl (C=O) groups excluding carboxylic acids is 1. The number of hydrogen-bond acceptors (Lipinski definition) is 7. The zero-order valence-electron chi connectivity index (χ0n) is 25.0. The highest BCUT2D eigenvalue weighted by Crippen LogP contribution is 2.45. The van der Waals surface area contributed by atoms with Gasteiger partial charge in [0.1, 0.15) is 11.5 Å². The quantitative estimate of drug-likeness (QED) is 0.0757. The number of methoxy groups -OCH3 is 1. The number of amides is 1. The highest BCUT2D eigenvalue weighted by molar-refractivity contribution is 6.01. The molecular formula is C35H35N5O5. The number of benzene rings is 4. The van der Waals surface area contributed by atoms with E-state index >= 15 is 0 Å². The normalized spacial score (nSPS) is 17.0. The Kier molecular flexibility index (Phi) is 10.3. The van der Waals surface area contributed by atoms with Gasteiger partial charge in [0, 0.05) is 47.7 Å². The van der Waals surface area contributed by atoms with Crippen LogP contribution in [0, 0.1) is 0 Å². The van der Waals surface area contributed by atoms with Crippen LogP contribution in [0.5, 0.6) is 11.5 Å². The molecule has 0 aliphatic carbocycles. The van der Waals surface area contributed by atoms with Crippen molar-refractivity contribution in [1.29, 1.82) is 0 Å². The smallest absolute Gasteiger partial charge is 0.252 e. The van der Waals surface area contributed by atoms with Crippen LogP contribution in [-0.2, 0) is 22.4 Å². The van der Waals surface area contributed by atoms with E-state index < -0.39 is 11.6 Å². The molecule has 0 spiro atoms. The highest BCUT2D eigenvalue weighted by Gasteiger charge is 2.53. The summed E-state index contributed by atoms with van der Waals surface area (Å²) < 4.78 is 17.6. The first-order valence-electron chi connectivity index (χ1n) is 14.8. The molecule has 0 unspecified atom stereocenters. The van der Waals surface area contributed by atoms with E-state index in [0.717, 1.165) is 16.9 Å². The van der Waals surface area contributed by atoms with Gasteiger partial charge in [0.25, 0.3) is 5.91 Å². The second-order valence-electron chi connectivity index (χ2n) is 10.6. The lowest BCUT2D eigenvalue weighted by atomic mass is 9.81. The van der Waals surface area contributed by atoms with Crippen molar-refractivity contribution < 1.29 is 24.1 Å². The second-order valence-corrected chi connectivity index (χ2v) is 10.6. The van der Waals surface area contributed by atoms with Crippen LogP contribution in [0.1, 0.15) is 34.8 Å². The molecule has 4 aromatic rings. The van der Waals surface area contributed by atoms with Gasteiger partial charge in [-0.1, -0.05) is 71.8 Å². The molecule has 1 aliphatic heterocycles. The van der Waals surface area contributed by atoms with Gasteiger partial charge in [0.05, 0.1) is 13.7 Å². The Morgan fingerprint density at radius 2 is 1.76 bits per heavy atom. The topological polar surface area (TPSA) is 138 Å². The minimum absolute atomic E-state index is 0.0482. The first kappa shape index (κ1) is 31.1. The molecule has 2 atom stereocenters. The Balaban J connectivity index is 1.54. The number of hydrogen-bond donors (Lipinski definition) is 2. The number of nitrogens with one attached hydrogen (secondary N) is 1. The molecule has 0 bridgehead atoms. The molecule has 1 heterocycles. The van der Waals surface area contributed by atoms with Gasteiger partial charge in [-0.25, -0.2) is 4.99 Å². The van der Waals surface area contributed by atoms with Gasteiger partial charge in [-0.15, -0.1) is 0 Å². The van der Waals surface area contributed by atoms with E-state index in [-0.39, 0.29) is 24.8 Å². The number of rotatable bonds is 14. The van der Waals surface area contributed by atoms with Gasteiger partial charge in [0.2, 0.25) is 5.90 Å². The van der Waals surface area contributed by atoms with Crippen molar-refractivity contribution in [3.8, 4) is 11.5 Å². The molecule has 45 heavy (non-hydrogen) atoms. The van der Waals surface area contributed by atoms with E-state index in [1.165, 1.54) is 0 Å². The second kappa shape index (κ2) is 14.9. The van der Waals surface area contributed by atoms with Gasteiger partial charge in [-0.3, -0.25) is 4.79 Å². The predicted molar refractivity (Wildman–Crippen MR) is 172 cm³/mol. The monoisotopic (exact) mass is 605 g/mol. The summed E-state index contributed by atoms with van der Waals surface area (Å²) in [5.41, 5.74) is 11.4. The van der Waals surface area contributed by atoms with Gasteiger partial charge in [-0.2, -0.15) is 0 Å². The Morgan fingerprint density at radius 3 is 2.51 bits per heavy atom. The average molecular weight is 606 g/mol. The summed E-state index contributed by atoms with van der Waals surface area (Å²) in [6.45, 7) is 0.798. The van der Waals surface area contributed by atoms with Gasteiger partial charge in [0.15, 0.2) is 11.6 Å². The van der Waals surface area contributed by atoms with Crippen molar-refractivity contribution in [3.63, 3.8) is 0 Å². The Morgan fingerprint density at radius 1 is 1.00 bits per heavy atom. The maximum Gasteiger partial charge on any atom is 0.252 e. The minimum Gasteiger partial charge on any atom is -0.497 e. The number of ether oxygens (including phenoxy) is 3.